The molecule has 132 valence electrons. The van der Waals surface area contributed by atoms with E-state index in [9.17, 15) is 4.79 Å². The number of amides is 1. The van der Waals surface area contributed by atoms with Crippen LogP contribution in [0, 0.1) is 11.3 Å². The summed E-state index contributed by atoms with van der Waals surface area (Å²) in [5.74, 6) is 0.580. The fourth-order valence-corrected chi connectivity index (χ4v) is 3.79. The number of carbonyl (C=O) groups excluding carboxylic acids is 1. The number of hydrogen-bond donors (Lipinski definition) is 1. The van der Waals surface area contributed by atoms with E-state index in [0.29, 0.717) is 36.0 Å². The third-order valence-electron chi connectivity index (χ3n) is 5.19. The van der Waals surface area contributed by atoms with Crippen molar-refractivity contribution in [2.24, 2.45) is 4.99 Å². The maximum atomic E-state index is 12.7. The van der Waals surface area contributed by atoms with Crippen LogP contribution in [0.15, 0.2) is 29.3 Å². The summed E-state index contributed by atoms with van der Waals surface area (Å²) in [4.78, 5) is 17.6. The first-order chi connectivity index (χ1) is 12.7. The smallest absolute Gasteiger partial charge is 0.257 e. The molecule has 6 heteroatoms. The summed E-state index contributed by atoms with van der Waals surface area (Å²) < 4.78 is 1.98. The van der Waals surface area contributed by atoms with Crippen molar-refractivity contribution in [2.45, 2.75) is 45.1 Å². The van der Waals surface area contributed by atoms with Crippen LogP contribution in [0.2, 0.25) is 0 Å². The van der Waals surface area contributed by atoms with E-state index in [2.05, 4.69) is 11.4 Å². The summed E-state index contributed by atoms with van der Waals surface area (Å²) in [6, 6.07) is 9.76. The standard InChI is InChI=1S/C20H21N5O/c1-2-16-18-19(25(24-16)15-5-3-4-6-15)23-17(12-22-20(18)26)14-9-7-13(11-21)8-10-14/h7-10,15H,2-6,12H2,1H3,(H,22,26). The molecule has 2 aliphatic rings. The van der Waals surface area contributed by atoms with Gasteiger partial charge >= 0.3 is 0 Å². The predicted octanol–water partition coefficient (Wildman–Crippen LogP) is 3.30. The first-order valence-electron chi connectivity index (χ1n) is 9.19. The van der Waals surface area contributed by atoms with Gasteiger partial charge in [-0.1, -0.05) is 31.9 Å². The lowest BCUT2D eigenvalue weighted by Crippen LogP contribution is -2.28. The van der Waals surface area contributed by atoms with E-state index >= 15 is 0 Å². The van der Waals surface area contributed by atoms with Crippen LogP contribution in [0.5, 0.6) is 0 Å². The number of nitrogens with zero attached hydrogens (tertiary/aromatic N) is 4. The average molecular weight is 347 g/mol. The molecule has 2 heterocycles. The van der Waals surface area contributed by atoms with Gasteiger partial charge in [-0.15, -0.1) is 0 Å². The summed E-state index contributed by atoms with van der Waals surface area (Å²) in [5.41, 5.74) is 3.74. The van der Waals surface area contributed by atoms with Crippen molar-refractivity contribution >= 4 is 17.4 Å². The van der Waals surface area contributed by atoms with Crippen molar-refractivity contribution in [2.75, 3.05) is 6.54 Å². The molecular weight excluding hydrogens is 326 g/mol. The lowest BCUT2D eigenvalue weighted by atomic mass is 10.1. The lowest BCUT2D eigenvalue weighted by Gasteiger charge is -2.12. The molecule has 1 fully saturated rings. The molecule has 2 aromatic rings. The molecular formula is C20H21N5O. The number of nitriles is 1. The molecule has 0 atom stereocenters. The van der Waals surface area contributed by atoms with Crippen molar-refractivity contribution < 1.29 is 4.79 Å². The van der Waals surface area contributed by atoms with Gasteiger partial charge in [-0.3, -0.25) is 4.79 Å². The molecule has 26 heavy (non-hydrogen) atoms. The largest absolute Gasteiger partial charge is 0.346 e. The van der Waals surface area contributed by atoms with Gasteiger partial charge in [0.2, 0.25) is 0 Å². The number of aliphatic imine (C=N–C) groups is 1. The van der Waals surface area contributed by atoms with Gasteiger partial charge in [0, 0.05) is 0 Å². The van der Waals surface area contributed by atoms with Gasteiger partial charge in [0.15, 0.2) is 5.82 Å². The topological polar surface area (TPSA) is 83.1 Å². The Morgan fingerprint density at radius 3 is 2.65 bits per heavy atom. The van der Waals surface area contributed by atoms with Gasteiger partial charge in [-0.25, -0.2) is 9.67 Å². The van der Waals surface area contributed by atoms with Crippen LogP contribution in [0.3, 0.4) is 0 Å². The fraction of sp³-hybridized carbons (Fsp3) is 0.400. The predicted molar refractivity (Wildman–Crippen MR) is 98.8 cm³/mol. The normalized spacial score (nSPS) is 17.2. The molecule has 1 amide bonds. The second-order valence-electron chi connectivity index (χ2n) is 6.81. The van der Waals surface area contributed by atoms with E-state index in [1.165, 1.54) is 12.8 Å². The summed E-state index contributed by atoms with van der Waals surface area (Å²) in [6.45, 7) is 2.39. The van der Waals surface area contributed by atoms with Crippen molar-refractivity contribution in [3.63, 3.8) is 0 Å². The third-order valence-corrected chi connectivity index (χ3v) is 5.19. The molecule has 1 aromatic carbocycles. The second-order valence-corrected chi connectivity index (χ2v) is 6.81. The number of fused-ring (bicyclic) bond motifs is 1. The Morgan fingerprint density at radius 1 is 1.27 bits per heavy atom. The molecule has 1 N–H and O–H groups in total. The number of hydrogen-bond acceptors (Lipinski definition) is 4. The summed E-state index contributed by atoms with van der Waals surface area (Å²) in [6.07, 6.45) is 5.26. The lowest BCUT2D eigenvalue weighted by molar-refractivity contribution is 0.0960. The van der Waals surface area contributed by atoms with E-state index in [4.69, 9.17) is 15.4 Å². The van der Waals surface area contributed by atoms with E-state index < -0.39 is 0 Å². The second kappa shape index (κ2) is 6.75. The molecule has 0 spiro atoms. The van der Waals surface area contributed by atoms with Crippen LogP contribution in [0.4, 0.5) is 5.82 Å². The molecule has 0 saturated heterocycles. The van der Waals surface area contributed by atoms with E-state index in [-0.39, 0.29) is 5.91 Å². The minimum atomic E-state index is -0.103. The van der Waals surface area contributed by atoms with Crippen LogP contribution < -0.4 is 5.32 Å². The highest BCUT2D eigenvalue weighted by Gasteiger charge is 2.30. The molecule has 0 bridgehead atoms. The maximum absolute atomic E-state index is 12.7. The number of aromatic nitrogens is 2. The maximum Gasteiger partial charge on any atom is 0.257 e. The van der Waals surface area contributed by atoms with E-state index in [1.54, 1.807) is 12.1 Å². The van der Waals surface area contributed by atoms with Gasteiger partial charge in [-0.2, -0.15) is 10.4 Å². The van der Waals surface area contributed by atoms with Crippen LogP contribution in [0.1, 0.15) is 65.8 Å². The Hall–Kier alpha value is -2.94. The minimum Gasteiger partial charge on any atom is -0.346 e. The molecule has 4 rings (SSSR count). The SMILES string of the molecule is CCc1nn(C2CCCC2)c2c1C(=O)NCC(c1ccc(C#N)cc1)=N2. The number of benzene rings is 1. The van der Waals surface area contributed by atoms with Crippen LogP contribution in [-0.2, 0) is 6.42 Å². The highest BCUT2D eigenvalue weighted by Crippen LogP contribution is 2.36. The van der Waals surface area contributed by atoms with Crippen molar-refractivity contribution in [3.8, 4) is 6.07 Å². The fourth-order valence-electron chi connectivity index (χ4n) is 3.79. The number of aryl methyl sites for hydroxylation is 1. The summed E-state index contributed by atoms with van der Waals surface area (Å²) >= 11 is 0. The molecule has 0 radical (unpaired) electrons. The Kier molecular flexibility index (Phi) is 4.29. The summed E-state index contributed by atoms with van der Waals surface area (Å²) in [5, 5.41) is 16.7. The third kappa shape index (κ3) is 2.80. The summed E-state index contributed by atoms with van der Waals surface area (Å²) in [7, 11) is 0. The first kappa shape index (κ1) is 16.5. The number of nitrogens with one attached hydrogen (secondary N) is 1. The monoisotopic (exact) mass is 347 g/mol. The van der Waals surface area contributed by atoms with Crippen LogP contribution in [0.25, 0.3) is 0 Å². The highest BCUT2D eigenvalue weighted by atomic mass is 16.1. The van der Waals surface area contributed by atoms with Crippen molar-refractivity contribution in [3.05, 3.63) is 46.6 Å². The first-order valence-corrected chi connectivity index (χ1v) is 9.19. The van der Waals surface area contributed by atoms with Crippen LogP contribution >= 0.6 is 0 Å². The van der Waals surface area contributed by atoms with E-state index in [1.807, 2.05) is 23.7 Å². The van der Waals surface area contributed by atoms with Crippen molar-refractivity contribution in [1.29, 1.82) is 5.26 Å². The zero-order valence-electron chi connectivity index (χ0n) is 14.8. The molecule has 1 saturated carbocycles. The average Bonchev–Trinajstić information content (AvgIpc) is 3.29. The van der Waals surface area contributed by atoms with Gasteiger partial charge < -0.3 is 5.32 Å². The quantitative estimate of drug-likeness (QED) is 0.925. The highest BCUT2D eigenvalue weighted by molar-refractivity contribution is 6.10. The number of rotatable bonds is 3. The molecule has 1 aromatic heterocycles. The Labute approximate surface area is 152 Å². The number of carbonyl (C=O) groups is 1. The molecule has 0 unspecified atom stereocenters. The molecule has 1 aliphatic carbocycles. The minimum absolute atomic E-state index is 0.103. The zero-order valence-corrected chi connectivity index (χ0v) is 14.8. The Balaban J connectivity index is 1.83. The van der Waals surface area contributed by atoms with Crippen LogP contribution in [-0.4, -0.2) is 27.9 Å². The van der Waals surface area contributed by atoms with Crippen molar-refractivity contribution in [1.82, 2.24) is 15.1 Å². The Morgan fingerprint density at radius 2 is 2.00 bits per heavy atom. The molecule has 1 aliphatic heterocycles. The van der Waals surface area contributed by atoms with Gasteiger partial charge in [0.25, 0.3) is 5.91 Å². The Bertz CT molecular complexity index is 911. The van der Waals surface area contributed by atoms with E-state index in [0.717, 1.165) is 29.8 Å². The van der Waals surface area contributed by atoms with Gasteiger partial charge in [0.05, 0.1) is 35.6 Å². The van der Waals surface area contributed by atoms with Gasteiger partial charge in [0.1, 0.15) is 5.56 Å². The van der Waals surface area contributed by atoms with Gasteiger partial charge in [-0.05, 0) is 37.0 Å². The molecule has 6 nitrogen and oxygen atoms in total. The zero-order chi connectivity index (χ0) is 18.1.